The molecule has 138 valence electrons. The molecule has 0 atom stereocenters. The summed E-state index contributed by atoms with van der Waals surface area (Å²) >= 11 is 12.1. The molecule has 26 heavy (non-hydrogen) atoms. The highest BCUT2D eigenvalue weighted by Crippen LogP contribution is 2.22. The molecule has 0 radical (unpaired) electrons. The number of hydrogen-bond donors (Lipinski definition) is 2. The fourth-order valence-corrected chi connectivity index (χ4v) is 3.63. The minimum Gasteiger partial charge on any atom is -0.351 e. The van der Waals surface area contributed by atoms with Gasteiger partial charge in [-0.25, -0.2) is 9.97 Å². The Morgan fingerprint density at radius 2 is 1.96 bits per heavy atom. The van der Waals surface area contributed by atoms with Gasteiger partial charge in [-0.1, -0.05) is 42.1 Å². The van der Waals surface area contributed by atoms with Crippen LogP contribution in [0.2, 0.25) is 10.0 Å². The highest BCUT2D eigenvalue weighted by atomic mass is 35.5. The van der Waals surface area contributed by atoms with Crippen LogP contribution in [0, 0.1) is 6.92 Å². The van der Waals surface area contributed by atoms with Crippen molar-refractivity contribution in [2.24, 2.45) is 0 Å². The quantitative estimate of drug-likeness (QED) is 0.763. The van der Waals surface area contributed by atoms with E-state index in [-0.39, 0.29) is 5.91 Å². The second-order valence-electron chi connectivity index (χ2n) is 6.59. The van der Waals surface area contributed by atoms with Gasteiger partial charge in [-0.15, -0.1) is 0 Å². The van der Waals surface area contributed by atoms with E-state index in [0.29, 0.717) is 40.7 Å². The lowest BCUT2D eigenvalue weighted by molar-refractivity contribution is 0.0949. The summed E-state index contributed by atoms with van der Waals surface area (Å²) in [5.74, 6) is 0.317. The Bertz CT molecular complexity index is 791. The number of benzene rings is 1. The van der Waals surface area contributed by atoms with E-state index in [2.05, 4.69) is 20.6 Å². The van der Waals surface area contributed by atoms with Crippen LogP contribution in [0.25, 0.3) is 0 Å². The van der Waals surface area contributed by atoms with Crippen molar-refractivity contribution in [3.05, 3.63) is 51.3 Å². The van der Waals surface area contributed by atoms with Crippen LogP contribution in [0.1, 0.15) is 47.4 Å². The molecule has 0 unspecified atom stereocenters. The average Bonchev–Trinajstić information content (AvgIpc) is 3.09. The van der Waals surface area contributed by atoms with E-state index in [4.69, 9.17) is 23.2 Å². The number of amides is 1. The zero-order chi connectivity index (χ0) is 18.5. The molecule has 0 aliphatic heterocycles. The molecule has 1 aliphatic carbocycles. The Labute approximate surface area is 163 Å². The van der Waals surface area contributed by atoms with Crippen LogP contribution in [-0.2, 0) is 6.42 Å². The number of anilines is 1. The van der Waals surface area contributed by atoms with Gasteiger partial charge in [0.15, 0.2) is 0 Å². The summed E-state index contributed by atoms with van der Waals surface area (Å²) in [6.45, 7) is 2.33. The highest BCUT2D eigenvalue weighted by molar-refractivity contribution is 6.35. The molecule has 0 spiro atoms. The Kier molecular flexibility index (Phi) is 6.33. The lowest BCUT2D eigenvalue weighted by Crippen LogP contribution is -2.27. The summed E-state index contributed by atoms with van der Waals surface area (Å²) in [5, 5.41) is 7.43. The Morgan fingerprint density at radius 1 is 1.19 bits per heavy atom. The second-order valence-corrected chi connectivity index (χ2v) is 7.43. The number of carbonyl (C=O) groups is 1. The van der Waals surface area contributed by atoms with E-state index < -0.39 is 0 Å². The van der Waals surface area contributed by atoms with E-state index in [9.17, 15) is 4.79 Å². The summed E-state index contributed by atoms with van der Waals surface area (Å²) in [7, 11) is 0. The van der Waals surface area contributed by atoms with Crippen LogP contribution in [0.3, 0.4) is 0 Å². The fraction of sp³-hybridized carbons (Fsp3) is 0.421. The smallest absolute Gasteiger partial charge is 0.270 e. The fourth-order valence-electron chi connectivity index (χ4n) is 3.13. The molecular formula is C19H22Cl2N4O. The first-order chi connectivity index (χ1) is 12.5. The first-order valence-electron chi connectivity index (χ1n) is 8.85. The maximum Gasteiger partial charge on any atom is 0.270 e. The van der Waals surface area contributed by atoms with Crippen LogP contribution in [0.4, 0.5) is 5.95 Å². The molecule has 1 aromatic heterocycles. The third kappa shape index (κ3) is 5.08. The SMILES string of the molecule is Cc1cc(C(=O)NCCc2ccc(Cl)cc2Cl)nc(NC2CCCC2)n1. The van der Waals surface area contributed by atoms with Gasteiger partial charge in [0.25, 0.3) is 5.91 Å². The van der Waals surface area contributed by atoms with Gasteiger partial charge in [-0.05, 0) is 49.9 Å². The van der Waals surface area contributed by atoms with Crippen molar-refractivity contribution in [2.45, 2.75) is 45.1 Å². The van der Waals surface area contributed by atoms with Crippen molar-refractivity contribution in [2.75, 3.05) is 11.9 Å². The minimum atomic E-state index is -0.213. The van der Waals surface area contributed by atoms with Crippen LogP contribution >= 0.6 is 23.2 Å². The van der Waals surface area contributed by atoms with Gasteiger partial charge in [0.05, 0.1) is 0 Å². The van der Waals surface area contributed by atoms with Gasteiger partial charge in [0.2, 0.25) is 5.95 Å². The highest BCUT2D eigenvalue weighted by Gasteiger charge is 2.17. The normalized spacial score (nSPS) is 14.4. The van der Waals surface area contributed by atoms with E-state index >= 15 is 0 Å². The molecule has 3 rings (SSSR count). The van der Waals surface area contributed by atoms with Gasteiger partial charge < -0.3 is 10.6 Å². The third-order valence-electron chi connectivity index (χ3n) is 4.47. The molecule has 1 amide bonds. The summed E-state index contributed by atoms with van der Waals surface area (Å²) in [6, 6.07) is 7.47. The van der Waals surface area contributed by atoms with Crippen LogP contribution in [-0.4, -0.2) is 28.5 Å². The monoisotopic (exact) mass is 392 g/mol. The first kappa shape index (κ1) is 18.9. The van der Waals surface area contributed by atoms with E-state index in [0.717, 1.165) is 24.1 Å². The number of nitrogens with one attached hydrogen (secondary N) is 2. The molecule has 0 saturated heterocycles. The first-order valence-corrected chi connectivity index (χ1v) is 9.61. The lowest BCUT2D eigenvalue weighted by atomic mass is 10.1. The topological polar surface area (TPSA) is 66.9 Å². The standard InChI is InChI=1S/C19H22Cl2N4O/c1-12-10-17(25-19(23-12)24-15-4-2-3-5-15)18(26)22-9-8-13-6-7-14(20)11-16(13)21/h6-7,10-11,15H,2-5,8-9H2,1H3,(H,22,26)(H,23,24,25). The van der Waals surface area contributed by atoms with E-state index in [1.807, 2.05) is 13.0 Å². The maximum absolute atomic E-state index is 12.4. The zero-order valence-corrected chi connectivity index (χ0v) is 16.2. The van der Waals surface area contributed by atoms with Crippen LogP contribution in [0.5, 0.6) is 0 Å². The van der Waals surface area contributed by atoms with Gasteiger partial charge in [-0.3, -0.25) is 4.79 Å². The average molecular weight is 393 g/mol. The number of aryl methyl sites for hydroxylation is 1. The summed E-state index contributed by atoms with van der Waals surface area (Å²) in [4.78, 5) is 21.2. The molecule has 7 heteroatoms. The summed E-state index contributed by atoms with van der Waals surface area (Å²) < 4.78 is 0. The number of aromatic nitrogens is 2. The van der Waals surface area contributed by atoms with Crippen molar-refractivity contribution < 1.29 is 4.79 Å². The number of halogens is 2. The number of nitrogens with zero attached hydrogens (tertiary/aromatic N) is 2. The number of hydrogen-bond acceptors (Lipinski definition) is 4. The predicted octanol–water partition coefficient (Wildman–Crippen LogP) is 4.42. The van der Waals surface area contributed by atoms with Crippen molar-refractivity contribution >= 4 is 35.1 Å². The predicted molar refractivity (Wildman–Crippen MR) is 105 cm³/mol. The molecule has 1 heterocycles. The van der Waals surface area contributed by atoms with Gasteiger partial charge in [0, 0.05) is 28.3 Å². The molecule has 2 aromatic rings. The number of rotatable bonds is 6. The summed E-state index contributed by atoms with van der Waals surface area (Å²) in [5.41, 5.74) is 2.09. The molecule has 1 saturated carbocycles. The van der Waals surface area contributed by atoms with E-state index in [1.54, 1.807) is 18.2 Å². The van der Waals surface area contributed by atoms with Gasteiger partial charge in [-0.2, -0.15) is 0 Å². The van der Waals surface area contributed by atoms with Gasteiger partial charge in [0.1, 0.15) is 5.69 Å². The van der Waals surface area contributed by atoms with Gasteiger partial charge >= 0.3 is 0 Å². The second kappa shape index (κ2) is 8.69. The number of carbonyl (C=O) groups excluding carboxylic acids is 1. The third-order valence-corrected chi connectivity index (χ3v) is 5.06. The van der Waals surface area contributed by atoms with Crippen LogP contribution < -0.4 is 10.6 Å². The Morgan fingerprint density at radius 3 is 2.69 bits per heavy atom. The van der Waals surface area contributed by atoms with Crippen molar-refractivity contribution in [3.63, 3.8) is 0 Å². The minimum absolute atomic E-state index is 0.213. The van der Waals surface area contributed by atoms with Crippen molar-refractivity contribution in [3.8, 4) is 0 Å². The molecule has 1 fully saturated rings. The molecule has 1 aromatic carbocycles. The molecule has 2 N–H and O–H groups in total. The zero-order valence-electron chi connectivity index (χ0n) is 14.7. The molecular weight excluding hydrogens is 371 g/mol. The summed E-state index contributed by atoms with van der Waals surface area (Å²) in [6.07, 6.45) is 5.33. The molecule has 0 bridgehead atoms. The Balaban J connectivity index is 1.59. The Hall–Kier alpha value is -1.85. The van der Waals surface area contributed by atoms with Crippen LogP contribution in [0.15, 0.2) is 24.3 Å². The van der Waals surface area contributed by atoms with Crippen molar-refractivity contribution in [1.82, 2.24) is 15.3 Å². The lowest BCUT2D eigenvalue weighted by Gasteiger charge is -2.13. The van der Waals surface area contributed by atoms with Crippen molar-refractivity contribution in [1.29, 1.82) is 0 Å². The molecule has 5 nitrogen and oxygen atoms in total. The molecule has 1 aliphatic rings. The maximum atomic E-state index is 12.4. The largest absolute Gasteiger partial charge is 0.351 e. The van der Waals surface area contributed by atoms with E-state index in [1.165, 1.54) is 12.8 Å².